The summed E-state index contributed by atoms with van der Waals surface area (Å²) in [5, 5.41) is 2.62. The maximum absolute atomic E-state index is 10.6. The van der Waals surface area contributed by atoms with Gasteiger partial charge in [0.1, 0.15) is 11.4 Å². The molecule has 0 radical (unpaired) electrons. The van der Waals surface area contributed by atoms with Gasteiger partial charge in [0.05, 0.1) is 22.9 Å². The molecule has 2 N–H and O–H groups in total. The van der Waals surface area contributed by atoms with Gasteiger partial charge >= 0.3 is 0 Å². The van der Waals surface area contributed by atoms with Crippen LogP contribution in [0.1, 0.15) is 0 Å². The van der Waals surface area contributed by atoms with Gasteiger partial charge in [0, 0.05) is 7.05 Å². The number of rotatable bonds is 2. The molecule has 4 nitrogen and oxygen atoms in total. The molecule has 10 heavy (non-hydrogen) atoms. The van der Waals surface area contributed by atoms with Crippen molar-refractivity contribution in [3.8, 4) is 0 Å². The average Bonchev–Trinajstić information content (AvgIpc) is 1.97. The van der Waals surface area contributed by atoms with E-state index >= 15 is 0 Å². The van der Waals surface area contributed by atoms with Crippen molar-refractivity contribution < 1.29 is 0 Å². The third kappa shape index (κ3) is 0.808. The first-order valence-corrected chi connectivity index (χ1v) is 3.68. The standard InChI is InChI=1S/C5H5IN2O2/c1-7-2-3(8-6)5(10)4(2)9/h7-8H,1H3. The molecule has 54 valence electrons. The van der Waals surface area contributed by atoms with Gasteiger partial charge in [-0.2, -0.15) is 0 Å². The second-order valence-corrected chi connectivity index (χ2v) is 2.29. The number of halogens is 1. The highest BCUT2D eigenvalue weighted by molar-refractivity contribution is 14.1. The first-order valence-electron chi connectivity index (χ1n) is 2.60. The number of anilines is 2. The minimum Gasteiger partial charge on any atom is -0.383 e. The molecular weight excluding hydrogens is 247 g/mol. The van der Waals surface area contributed by atoms with Gasteiger partial charge in [-0.3, -0.25) is 9.59 Å². The van der Waals surface area contributed by atoms with E-state index in [0.717, 1.165) is 0 Å². The summed E-state index contributed by atoms with van der Waals surface area (Å²) in [6.07, 6.45) is 0. The molecule has 0 saturated heterocycles. The Morgan fingerprint density at radius 1 is 1.20 bits per heavy atom. The molecule has 0 spiro atoms. The molecule has 0 unspecified atom stereocenters. The first kappa shape index (κ1) is 7.52. The highest BCUT2D eigenvalue weighted by atomic mass is 127. The van der Waals surface area contributed by atoms with Crippen molar-refractivity contribution in [3.63, 3.8) is 0 Å². The normalized spacial score (nSPS) is 9.80. The van der Waals surface area contributed by atoms with E-state index in [4.69, 9.17) is 0 Å². The largest absolute Gasteiger partial charge is 0.383 e. The van der Waals surface area contributed by atoms with E-state index in [1.54, 1.807) is 7.05 Å². The molecule has 0 aliphatic carbocycles. The third-order valence-electron chi connectivity index (χ3n) is 1.25. The van der Waals surface area contributed by atoms with Crippen molar-refractivity contribution >= 4 is 34.2 Å². The minimum absolute atomic E-state index is 0.369. The lowest BCUT2D eigenvalue weighted by Gasteiger charge is -2.06. The first-order chi connectivity index (χ1) is 4.72. The smallest absolute Gasteiger partial charge is 0.253 e. The predicted molar refractivity (Wildman–Crippen MR) is 48.5 cm³/mol. The molecular formula is C5H5IN2O2. The number of hydrogen-bond donors (Lipinski definition) is 2. The van der Waals surface area contributed by atoms with E-state index in [-0.39, 0.29) is 0 Å². The Balaban J connectivity index is 3.16. The van der Waals surface area contributed by atoms with Crippen molar-refractivity contribution in [3.05, 3.63) is 20.4 Å². The van der Waals surface area contributed by atoms with Crippen LogP contribution < -0.4 is 19.7 Å². The van der Waals surface area contributed by atoms with Gasteiger partial charge in [-0.15, -0.1) is 0 Å². The van der Waals surface area contributed by atoms with Gasteiger partial charge in [-0.05, 0) is 0 Å². The summed E-state index contributed by atoms with van der Waals surface area (Å²) < 4.78 is 2.60. The van der Waals surface area contributed by atoms with E-state index in [1.165, 1.54) is 0 Å². The van der Waals surface area contributed by atoms with Gasteiger partial charge in [0.15, 0.2) is 0 Å². The number of nitrogens with one attached hydrogen (secondary N) is 2. The van der Waals surface area contributed by atoms with Crippen LogP contribution in [0.5, 0.6) is 0 Å². The minimum atomic E-state index is -0.446. The van der Waals surface area contributed by atoms with Crippen LogP contribution in [0.2, 0.25) is 0 Å². The van der Waals surface area contributed by atoms with Crippen molar-refractivity contribution in [2.24, 2.45) is 0 Å². The van der Waals surface area contributed by atoms with Gasteiger partial charge < -0.3 is 8.85 Å². The Bertz CT molecular complexity index is 281. The fraction of sp³-hybridized carbons (Fsp3) is 0.200. The van der Waals surface area contributed by atoms with Crippen LogP contribution in [-0.2, 0) is 0 Å². The summed E-state index contributed by atoms with van der Waals surface area (Å²) in [5.41, 5.74) is -0.145. The molecule has 1 rings (SSSR count). The second-order valence-electron chi connectivity index (χ2n) is 1.75. The Hall–Kier alpha value is -0.590. The maximum Gasteiger partial charge on any atom is 0.253 e. The van der Waals surface area contributed by atoms with Crippen LogP contribution in [0, 0.1) is 0 Å². The molecule has 0 saturated carbocycles. The molecule has 0 aliphatic rings. The lowest BCUT2D eigenvalue weighted by atomic mass is 10.2. The fourth-order valence-electron chi connectivity index (χ4n) is 0.720. The van der Waals surface area contributed by atoms with Gasteiger partial charge in [-0.25, -0.2) is 0 Å². The van der Waals surface area contributed by atoms with Crippen molar-refractivity contribution in [2.45, 2.75) is 0 Å². The molecule has 0 aromatic heterocycles. The molecule has 0 heterocycles. The molecule has 0 bridgehead atoms. The SMILES string of the molecule is CNc1c(NI)c(=O)c1=O. The Labute approximate surface area is 70.8 Å². The molecule has 1 aromatic rings. The van der Waals surface area contributed by atoms with Gasteiger partial charge in [0.25, 0.3) is 10.9 Å². The van der Waals surface area contributed by atoms with E-state index in [0.29, 0.717) is 11.4 Å². The summed E-state index contributed by atoms with van der Waals surface area (Å²) in [6, 6.07) is 0. The van der Waals surface area contributed by atoms with E-state index < -0.39 is 10.9 Å². The lowest BCUT2D eigenvalue weighted by Crippen LogP contribution is -2.35. The molecule has 1 aromatic carbocycles. The van der Waals surface area contributed by atoms with E-state index in [9.17, 15) is 9.59 Å². The molecule has 0 amide bonds. The monoisotopic (exact) mass is 252 g/mol. The van der Waals surface area contributed by atoms with Crippen LogP contribution in [0.25, 0.3) is 0 Å². The van der Waals surface area contributed by atoms with Crippen LogP contribution in [0.15, 0.2) is 9.59 Å². The summed E-state index contributed by atoms with van der Waals surface area (Å²) in [5.74, 6) is 0. The zero-order valence-corrected chi connectivity index (χ0v) is 7.35. The van der Waals surface area contributed by atoms with Crippen molar-refractivity contribution in [1.82, 2.24) is 0 Å². The average molecular weight is 252 g/mol. The Kier molecular flexibility index (Phi) is 1.93. The van der Waals surface area contributed by atoms with Crippen LogP contribution in [0.4, 0.5) is 11.4 Å². The van der Waals surface area contributed by atoms with Crippen LogP contribution >= 0.6 is 22.9 Å². The molecule has 0 fully saturated rings. The van der Waals surface area contributed by atoms with Crippen molar-refractivity contribution in [1.29, 1.82) is 0 Å². The highest BCUT2D eigenvalue weighted by Crippen LogP contribution is 2.13. The van der Waals surface area contributed by atoms with E-state index in [2.05, 4.69) is 8.85 Å². The Morgan fingerprint density at radius 3 is 2.00 bits per heavy atom. The Morgan fingerprint density at radius 2 is 1.70 bits per heavy atom. The maximum atomic E-state index is 10.6. The second kappa shape index (κ2) is 2.57. The summed E-state index contributed by atoms with van der Waals surface area (Å²) in [7, 11) is 1.60. The lowest BCUT2D eigenvalue weighted by molar-refractivity contribution is 1.37. The molecule has 5 heteroatoms. The highest BCUT2D eigenvalue weighted by Gasteiger charge is 2.17. The fourth-order valence-corrected chi connectivity index (χ4v) is 1.23. The van der Waals surface area contributed by atoms with Gasteiger partial charge in [0.2, 0.25) is 0 Å². The zero-order chi connectivity index (χ0) is 7.72. The van der Waals surface area contributed by atoms with Crippen LogP contribution in [0.3, 0.4) is 0 Å². The number of hydrogen-bond acceptors (Lipinski definition) is 4. The summed E-state index contributed by atoms with van der Waals surface area (Å²) in [4.78, 5) is 21.3. The topological polar surface area (TPSA) is 58.2 Å². The third-order valence-corrected chi connectivity index (χ3v) is 1.79. The molecule has 0 aliphatic heterocycles. The van der Waals surface area contributed by atoms with Crippen LogP contribution in [-0.4, -0.2) is 7.05 Å². The molecule has 0 atom stereocenters. The summed E-state index contributed by atoms with van der Waals surface area (Å²) in [6.45, 7) is 0. The zero-order valence-electron chi connectivity index (χ0n) is 5.19. The predicted octanol–water partition coefficient (Wildman–Crippen LogP) is 0.0862. The summed E-state index contributed by atoms with van der Waals surface area (Å²) >= 11 is 1.81. The van der Waals surface area contributed by atoms with Crippen molar-refractivity contribution in [2.75, 3.05) is 15.9 Å². The quantitative estimate of drug-likeness (QED) is 0.445. The van der Waals surface area contributed by atoms with Gasteiger partial charge in [-0.1, -0.05) is 0 Å². The van der Waals surface area contributed by atoms with E-state index in [1.807, 2.05) is 22.9 Å².